The fourth-order valence-electron chi connectivity index (χ4n) is 2.11. The lowest BCUT2D eigenvalue weighted by molar-refractivity contribution is 0.103. The number of rotatable bonds is 2. The Morgan fingerprint density at radius 2 is 1.76 bits per heavy atom. The van der Waals surface area contributed by atoms with Gasteiger partial charge in [0.05, 0.1) is 0 Å². The molecule has 3 rings (SSSR count). The van der Waals surface area contributed by atoms with E-state index in [-0.39, 0.29) is 17.0 Å². The molecule has 0 fully saturated rings. The molecule has 1 aliphatic rings. The molecule has 0 spiro atoms. The zero-order valence-corrected chi connectivity index (χ0v) is 12.4. The van der Waals surface area contributed by atoms with Gasteiger partial charge in [-0.1, -0.05) is 0 Å². The molecule has 0 aliphatic carbocycles. The molecule has 21 heavy (non-hydrogen) atoms. The lowest BCUT2D eigenvalue weighted by atomic mass is 10.0. The van der Waals surface area contributed by atoms with Gasteiger partial charge in [-0.05, 0) is 46.3 Å². The number of carbonyl (C=O) groups excluding carboxylic acids is 1. The van der Waals surface area contributed by atoms with Crippen LogP contribution in [0, 0.1) is 5.82 Å². The highest BCUT2D eigenvalue weighted by atomic mass is 79.9. The minimum absolute atomic E-state index is 0.118. The monoisotopic (exact) mass is 351 g/mol. The Bertz CT molecular complexity index is 733. The van der Waals surface area contributed by atoms with Gasteiger partial charge in [-0.15, -0.1) is 0 Å². The number of anilines is 1. The van der Waals surface area contributed by atoms with E-state index in [1.807, 2.05) is 0 Å². The van der Waals surface area contributed by atoms with Crippen molar-refractivity contribution in [1.82, 2.24) is 0 Å². The number of hydrogen-bond acceptors (Lipinski definition) is 4. The van der Waals surface area contributed by atoms with E-state index in [0.29, 0.717) is 34.7 Å². The number of ketones is 1. The molecule has 0 amide bonds. The van der Waals surface area contributed by atoms with Crippen LogP contribution in [0.1, 0.15) is 15.9 Å². The smallest absolute Gasteiger partial charge is 0.196 e. The molecule has 4 nitrogen and oxygen atoms in total. The van der Waals surface area contributed by atoms with Gasteiger partial charge in [0.25, 0.3) is 0 Å². The summed E-state index contributed by atoms with van der Waals surface area (Å²) in [5.74, 6) is 0.164. The number of nitrogens with two attached hydrogens (primary N) is 1. The Morgan fingerprint density at radius 1 is 1.10 bits per heavy atom. The van der Waals surface area contributed by atoms with Gasteiger partial charge >= 0.3 is 0 Å². The molecule has 0 atom stereocenters. The van der Waals surface area contributed by atoms with Crippen LogP contribution in [0.15, 0.2) is 34.8 Å². The Hall–Kier alpha value is -2.08. The molecule has 0 radical (unpaired) electrons. The average molecular weight is 352 g/mol. The van der Waals surface area contributed by atoms with E-state index >= 15 is 0 Å². The van der Waals surface area contributed by atoms with E-state index in [4.69, 9.17) is 15.2 Å². The first-order valence-electron chi connectivity index (χ1n) is 6.25. The predicted octanol–water partition coefficient (Wildman–Crippen LogP) is 3.17. The highest BCUT2D eigenvalue weighted by Crippen LogP contribution is 2.36. The summed E-state index contributed by atoms with van der Waals surface area (Å²) in [4.78, 5) is 12.6. The highest BCUT2D eigenvalue weighted by Gasteiger charge is 2.21. The first kappa shape index (κ1) is 13.9. The molecule has 0 saturated heterocycles. The summed E-state index contributed by atoms with van der Waals surface area (Å²) >= 11 is 3.33. The zero-order valence-electron chi connectivity index (χ0n) is 10.9. The summed E-state index contributed by atoms with van der Waals surface area (Å²) < 4.78 is 24.8. The summed E-state index contributed by atoms with van der Waals surface area (Å²) in [7, 11) is 0. The third kappa shape index (κ3) is 2.58. The second-order valence-corrected chi connectivity index (χ2v) is 5.39. The van der Waals surface area contributed by atoms with E-state index in [2.05, 4.69) is 15.9 Å². The van der Waals surface area contributed by atoms with Crippen molar-refractivity contribution in [3.63, 3.8) is 0 Å². The SMILES string of the molecule is Nc1ccc(F)cc1C(=O)c1cc2c(cc1Br)OCCO2. The predicted molar refractivity (Wildman–Crippen MR) is 79.4 cm³/mol. The second kappa shape index (κ2) is 5.37. The first-order chi connectivity index (χ1) is 10.1. The molecule has 2 aromatic carbocycles. The van der Waals surface area contributed by atoms with Crippen LogP contribution in [0.2, 0.25) is 0 Å². The standard InChI is InChI=1S/C15H11BrFNO3/c16-11-7-14-13(20-3-4-21-14)6-9(11)15(19)10-5-8(17)1-2-12(10)18/h1-2,5-7H,3-4,18H2. The van der Waals surface area contributed by atoms with Gasteiger partial charge in [-0.3, -0.25) is 4.79 Å². The normalized spacial score (nSPS) is 13.0. The minimum atomic E-state index is -0.513. The highest BCUT2D eigenvalue weighted by molar-refractivity contribution is 9.10. The van der Waals surface area contributed by atoms with E-state index in [1.165, 1.54) is 12.1 Å². The van der Waals surface area contributed by atoms with Crippen molar-refractivity contribution in [2.75, 3.05) is 18.9 Å². The van der Waals surface area contributed by atoms with Crippen molar-refractivity contribution >= 4 is 27.4 Å². The van der Waals surface area contributed by atoms with Crippen molar-refractivity contribution in [2.45, 2.75) is 0 Å². The van der Waals surface area contributed by atoms with Crippen molar-refractivity contribution in [1.29, 1.82) is 0 Å². The molecular weight excluding hydrogens is 341 g/mol. The van der Waals surface area contributed by atoms with Crippen molar-refractivity contribution in [2.24, 2.45) is 0 Å². The van der Waals surface area contributed by atoms with E-state index in [0.717, 1.165) is 6.07 Å². The number of nitrogen functional groups attached to an aromatic ring is 1. The molecular formula is C15H11BrFNO3. The minimum Gasteiger partial charge on any atom is -0.486 e. The molecule has 0 saturated carbocycles. The molecule has 6 heteroatoms. The number of fused-ring (bicyclic) bond motifs is 1. The molecule has 0 unspecified atom stereocenters. The number of hydrogen-bond donors (Lipinski definition) is 1. The van der Waals surface area contributed by atoms with Crippen molar-refractivity contribution < 1.29 is 18.7 Å². The van der Waals surface area contributed by atoms with Crippen LogP contribution in [0.4, 0.5) is 10.1 Å². The fraction of sp³-hybridized carbons (Fsp3) is 0.133. The Kier molecular flexibility index (Phi) is 3.55. The van der Waals surface area contributed by atoms with Gasteiger partial charge in [-0.2, -0.15) is 0 Å². The maximum absolute atomic E-state index is 13.3. The number of halogens is 2. The lowest BCUT2D eigenvalue weighted by Gasteiger charge is -2.19. The van der Waals surface area contributed by atoms with Gasteiger partial charge in [0, 0.05) is 21.3 Å². The van der Waals surface area contributed by atoms with Gasteiger partial charge in [0.1, 0.15) is 19.0 Å². The molecule has 2 N–H and O–H groups in total. The van der Waals surface area contributed by atoms with Gasteiger partial charge in [-0.25, -0.2) is 4.39 Å². The number of benzene rings is 2. The van der Waals surface area contributed by atoms with Gasteiger partial charge in [0.2, 0.25) is 0 Å². The summed E-state index contributed by atoms with van der Waals surface area (Å²) in [5, 5.41) is 0. The molecule has 0 aromatic heterocycles. The van der Waals surface area contributed by atoms with E-state index in [9.17, 15) is 9.18 Å². The van der Waals surface area contributed by atoms with Crippen LogP contribution in [-0.4, -0.2) is 19.0 Å². The van der Waals surface area contributed by atoms with Crippen molar-refractivity contribution in [3.05, 3.63) is 51.7 Å². The Balaban J connectivity index is 2.07. The Morgan fingerprint density at radius 3 is 2.48 bits per heavy atom. The third-order valence-electron chi connectivity index (χ3n) is 3.14. The van der Waals surface area contributed by atoms with Crippen LogP contribution >= 0.6 is 15.9 Å². The van der Waals surface area contributed by atoms with Crippen LogP contribution in [0.5, 0.6) is 11.5 Å². The van der Waals surface area contributed by atoms with E-state index < -0.39 is 5.82 Å². The summed E-state index contributed by atoms with van der Waals surface area (Å²) in [6.07, 6.45) is 0. The van der Waals surface area contributed by atoms with Gasteiger partial charge < -0.3 is 15.2 Å². The topological polar surface area (TPSA) is 61.6 Å². The third-order valence-corrected chi connectivity index (χ3v) is 3.79. The summed E-state index contributed by atoms with van der Waals surface area (Å²) in [5.41, 5.74) is 6.44. The quantitative estimate of drug-likeness (QED) is 0.666. The molecule has 1 heterocycles. The molecule has 1 aliphatic heterocycles. The molecule has 2 aromatic rings. The number of ether oxygens (including phenoxy) is 2. The zero-order chi connectivity index (χ0) is 15.0. The van der Waals surface area contributed by atoms with Gasteiger partial charge in [0.15, 0.2) is 17.3 Å². The second-order valence-electron chi connectivity index (χ2n) is 4.54. The molecule has 108 valence electrons. The van der Waals surface area contributed by atoms with E-state index in [1.54, 1.807) is 12.1 Å². The van der Waals surface area contributed by atoms with Crippen LogP contribution in [-0.2, 0) is 0 Å². The van der Waals surface area contributed by atoms with Crippen LogP contribution in [0.25, 0.3) is 0 Å². The van der Waals surface area contributed by atoms with Crippen molar-refractivity contribution in [3.8, 4) is 11.5 Å². The number of carbonyl (C=O) groups is 1. The summed E-state index contributed by atoms with van der Waals surface area (Å²) in [6, 6.07) is 6.95. The maximum Gasteiger partial charge on any atom is 0.196 e. The first-order valence-corrected chi connectivity index (χ1v) is 7.04. The van der Waals surface area contributed by atoms with Crippen LogP contribution < -0.4 is 15.2 Å². The van der Waals surface area contributed by atoms with Crippen LogP contribution in [0.3, 0.4) is 0 Å². The Labute approximate surface area is 128 Å². The largest absolute Gasteiger partial charge is 0.486 e. The molecule has 0 bridgehead atoms. The average Bonchev–Trinajstić information content (AvgIpc) is 2.48. The maximum atomic E-state index is 13.3. The summed E-state index contributed by atoms with van der Waals surface area (Å²) in [6.45, 7) is 0.883. The fourth-order valence-corrected chi connectivity index (χ4v) is 2.61. The lowest BCUT2D eigenvalue weighted by Crippen LogP contribution is -2.16.